The molecule has 0 radical (unpaired) electrons. The Morgan fingerprint density at radius 3 is 2.32 bits per heavy atom. The van der Waals surface area contributed by atoms with Crippen LogP contribution >= 0.6 is 11.6 Å². The number of carbonyl (C=O) groups excluding carboxylic acids is 1. The van der Waals surface area contributed by atoms with Crippen molar-refractivity contribution >= 4 is 33.2 Å². The van der Waals surface area contributed by atoms with Crippen molar-refractivity contribution in [2.45, 2.75) is 11.1 Å². The number of nitrogens with two attached hydrogens (primary N) is 1. The van der Waals surface area contributed by atoms with Crippen molar-refractivity contribution < 1.29 is 26.4 Å². The molecular weight excluding hydrogens is 381 g/mol. The molecule has 0 unspecified atom stereocenters. The standard InChI is InChI=1S/C15H12ClF3N2O3S/c1-21(12-5-3-2-4-10(12)14(20)22)25(23,24)13-7-6-9(16)8-11(13)15(17,18)19/h2-8H,1H3,(H2,20,22). The van der Waals surface area contributed by atoms with Crippen molar-refractivity contribution in [1.82, 2.24) is 0 Å². The van der Waals surface area contributed by atoms with Gasteiger partial charge in [0.05, 0.1) is 21.7 Å². The van der Waals surface area contributed by atoms with Crippen LogP contribution in [0.1, 0.15) is 15.9 Å². The highest BCUT2D eigenvalue weighted by Gasteiger charge is 2.39. The maximum atomic E-state index is 13.2. The predicted molar refractivity (Wildman–Crippen MR) is 87.0 cm³/mol. The number of primary amides is 1. The SMILES string of the molecule is CN(c1ccccc1C(N)=O)S(=O)(=O)c1ccc(Cl)cc1C(F)(F)F. The molecule has 0 fully saturated rings. The van der Waals surface area contributed by atoms with Crippen LogP contribution in [0.25, 0.3) is 0 Å². The summed E-state index contributed by atoms with van der Waals surface area (Å²) in [7, 11) is -3.60. The van der Waals surface area contributed by atoms with Gasteiger partial charge < -0.3 is 5.73 Å². The lowest BCUT2D eigenvalue weighted by Gasteiger charge is -2.23. The lowest BCUT2D eigenvalue weighted by molar-refractivity contribution is -0.139. The molecule has 134 valence electrons. The van der Waals surface area contributed by atoms with Gasteiger partial charge in [-0.3, -0.25) is 9.10 Å². The maximum Gasteiger partial charge on any atom is 0.417 e. The summed E-state index contributed by atoms with van der Waals surface area (Å²) in [6.45, 7) is 0. The second-order valence-corrected chi connectivity index (χ2v) is 7.37. The predicted octanol–water partition coefficient (Wildman–Crippen LogP) is 3.28. The number of anilines is 1. The monoisotopic (exact) mass is 392 g/mol. The molecule has 2 N–H and O–H groups in total. The number of sulfonamides is 1. The van der Waals surface area contributed by atoms with Crippen molar-refractivity contribution in [2.75, 3.05) is 11.4 Å². The molecule has 5 nitrogen and oxygen atoms in total. The molecule has 2 rings (SSSR count). The van der Waals surface area contributed by atoms with Gasteiger partial charge in [0.15, 0.2) is 0 Å². The third-order valence-corrected chi connectivity index (χ3v) is 5.46. The van der Waals surface area contributed by atoms with Crippen LogP contribution < -0.4 is 10.0 Å². The van der Waals surface area contributed by atoms with Crippen LogP contribution in [0.4, 0.5) is 18.9 Å². The zero-order valence-electron chi connectivity index (χ0n) is 12.7. The van der Waals surface area contributed by atoms with E-state index in [2.05, 4.69) is 0 Å². The highest BCUT2D eigenvalue weighted by molar-refractivity contribution is 7.92. The van der Waals surface area contributed by atoms with Gasteiger partial charge in [-0.1, -0.05) is 23.7 Å². The highest BCUT2D eigenvalue weighted by Crippen LogP contribution is 2.37. The van der Waals surface area contributed by atoms with Gasteiger partial charge in [-0.2, -0.15) is 13.2 Å². The second-order valence-electron chi connectivity index (χ2n) is 4.99. The first-order valence-corrected chi connectivity index (χ1v) is 8.52. The van der Waals surface area contributed by atoms with Crippen molar-refractivity contribution in [3.63, 3.8) is 0 Å². The zero-order valence-corrected chi connectivity index (χ0v) is 14.3. The Labute approximate surface area is 146 Å². The minimum absolute atomic E-state index is 0.141. The lowest BCUT2D eigenvalue weighted by atomic mass is 10.2. The van der Waals surface area contributed by atoms with Crippen LogP contribution in [0, 0.1) is 0 Å². The fourth-order valence-electron chi connectivity index (χ4n) is 2.18. The van der Waals surface area contributed by atoms with E-state index in [1.807, 2.05) is 0 Å². The Morgan fingerprint density at radius 1 is 1.16 bits per heavy atom. The van der Waals surface area contributed by atoms with E-state index < -0.39 is 32.6 Å². The van der Waals surface area contributed by atoms with Crippen molar-refractivity contribution in [3.05, 3.63) is 58.6 Å². The van der Waals surface area contributed by atoms with Crippen LogP contribution in [0.5, 0.6) is 0 Å². The smallest absolute Gasteiger partial charge is 0.366 e. The fourth-order valence-corrected chi connectivity index (χ4v) is 3.76. The van der Waals surface area contributed by atoms with E-state index >= 15 is 0 Å². The number of hydrogen-bond donors (Lipinski definition) is 1. The number of nitrogens with zero attached hydrogens (tertiary/aromatic N) is 1. The molecular formula is C15H12ClF3N2O3S. The summed E-state index contributed by atoms with van der Waals surface area (Å²) in [6.07, 6.45) is -4.93. The first-order chi connectivity index (χ1) is 11.5. The summed E-state index contributed by atoms with van der Waals surface area (Å²) >= 11 is 5.57. The Balaban J connectivity index is 2.67. The van der Waals surface area contributed by atoms with E-state index in [1.165, 1.54) is 24.3 Å². The molecule has 2 aromatic carbocycles. The van der Waals surface area contributed by atoms with Crippen LogP contribution in [-0.4, -0.2) is 21.4 Å². The molecule has 25 heavy (non-hydrogen) atoms. The Morgan fingerprint density at radius 2 is 1.76 bits per heavy atom. The molecule has 0 bridgehead atoms. The number of amides is 1. The highest BCUT2D eigenvalue weighted by atomic mass is 35.5. The molecule has 0 atom stereocenters. The summed E-state index contributed by atoms with van der Waals surface area (Å²) in [5.41, 5.74) is 3.51. The minimum atomic E-state index is -4.93. The van der Waals surface area contributed by atoms with Gasteiger partial charge >= 0.3 is 6.18 Å². The molecule has 0 heterocycles. The fraction of sp³-hybridized carbons (Fsp3) is 0.133. The van der Waals surface area contributed by atoms with E-state index in [9.17, 15) is 26.4 Å². The summed E-state index contributed by atoms with van der Waals surface area (Å²) in [5.74, 6) is -0.912. The molecule has 1 amide bonds. The average molecular weight is 393 g/mol. The number of halogens is 4. The van der Waals surface area contributed by atoms with E-state index in [4.69, 9.17) is 17.3 Å². The molecule has 0 aromatic heterocycles. The molecule has 0 spiro atoms. The van der Waals surface area contributed by atoms with Crippen LogP contribution in [0.15, 0.2) is 47.4 Å². The van der Waals surface area contributed by atoms with Crippen LogP contribution in [-0.2, 0) is 16.2 Å². The van der Waals surface area contributed by atoms with Crippen molar-refractivity contribution in [3.8, 4) is 0 Å². The van der Waals surface area contributed by atoms with E-state index in [1.54, 1.807) is 0 Å². The van der Waals surface area contributed by atoms with Gasteiger partial charge in [0, 0.05) is 12.1 Å². The Bertz CT molecular complexity index is 930. The van der Waals surface area contributed by atoms with Gasteiger partial charge in [-0.05, 0) is 30.3 Å². The van der Waals surface area contributed by atoms with Crippen molar-refractivity contribution in [2.24, 2.45) is 5.73 Å². The van der Waals surface area contributed by atoms with E-state index in [-0.39, 0.29) is 16.3 Å². The summed E-state index contributed by atoms with van der Waals surface area (Å²) in [5, 5.41) is -0.258. The van der Waals surface area contributed by atoms with Gasteiger partial charge in [-0.15, -0.1) is 0 Å². The second kappa shape index (κ2) is 6.57. The van der Waals surface area contributed by atoms with Gasteiger partial charge in [0.1, 0.15) is 0 Å². The van der Waals surface area contributed by atoms with E-state index in [0.29, 0.717) is 10.4 Å². The Kier molecular flexibility index (Phi) is 5.01. The topological polar surface area (TPSA) is 80.5 Å². The largest absolute Gasteiger partial charge is 0.417 e. The first kappa shape index (κ1) is 19.1. The van der Waals surface area contributed by atoms with Gasteiger partial charge in [-0.25, -0.2) is 8.42 Å². The number of rotatable bonds is 4. The Hall–Kier alpha value is -2.26. The van der Waals surface area contributed by atoms with Crippen LogP contribution in [0.3, 0.4) is 0 Å². The van der Waals surface area contributed by atoms with E-state index in [0.717, 1.165) is 19.2 Å². The summed E-state index contributed by atoms with van der Waals surface area (Å²) < 4.78 is 65.7. The molecule has 2 aromatic rings. The summed E-state index contributed by atoms with van der Waals surface area (Å²) in [6, 6.07) is 7.76. The van der Waals surface area contributed by atoms with Crippen LogP contribution in [0.2, 0.25) is 5.02 Å². The number of carbonyl (C=O) groups is 1. The normalized spacial score (nSPS) is 12.0. The molecule has 0 aliphatic carbocycles. The number of benzene rings is 2. The van der Waals surface area contributed by atoms with Gasteiger partial charge in [0.2, 0.25) is 0 Å². The third-order valence-electron chi connectivity index (χ3n) is 3.39. The molecule has 0 aliphatic rings. The molecule has 10 heteroatoms. The molecule has 0 saturated carbocycles. The maximum absolute atomic E-state index is 13.2. The quantitative estimate of drug-likeness (QED) is 0.867. The average Bonchev–Trinajstić information content (AvgIpc) is 2.52. The minimum Gasteiger partial charge on any atom is -0.366 e. The number of hydrogen-bond acceptors (Lipinski definition) is 3. The molecule has 0 saturated heterocycles. The first-order valence-electron chi connectivity index (χ1n) is 6.70. The lowest BCUT2D eigenvalue weighted by Crippen LogP contribution is -2.30. The number of alkyl halides is 3. The van der Waals surface area contributed by atoms with Crippen molar-refractivity contribution in [1.29, 1.82) is 0 Å². The third kappa shape index (κ3) is 3.72. The van der Waals surface area contributed by atoms with Gasteiger partial charge in [0.25, 0.3) is 15.9 Å². The number of para-hydroxylation sites is 1. The molecule has 0 aliphatic heterocycles. The zero-order chi connectivity index (χ0) is 19.0. The summed E-state index contributed by atoms with van der Waals surface area (Å²) in [4.78, 5) is 10.5.